The molecule has 1 amide bonds. The summed E-state index contributed by atoms with van der Waals surface area (Å²) in [6.07, 6.45) is 1.41. The zero-order valence-electron chi connectivity index (χ0n) is 10.7. The Kier molecular flexibility index (Phi) is 3.41. The molecule has 1 unspecified atom stereocenters. The minimum Gasteiger partial charge on any atom is -0.481 e. The van der Waals surface area contributed by atoms with E-state index in [1.54, 1.807) is 11.0 Å². The number of carboxylic acids is 1. The standard InChI is InChI=1S/C13H18N2O3/c1-9-5-6-11(14(9)2)12(16)15-7-3-4-10(8-15)13(17)18/h5-6,10H,3-4,7-8H2,1-2H3,(H,17,18). The molecule has 0 spiro atoms. The molecule has 1 saturated heterocycles. The summed E-state index contributed by atoms with van der Waals surface area (Å²) in [5.41, 5.74) is 1.64. The number of aryl methyl sites for hydroxylation is 1. The van der Waals surface area contributed by atoms with Gasteiger partial charge in [-0.2, -0.15) is 0 Å². The zero-order chi connectivity index (χ0) is 13.3. The van der Waals surface area contributed by atoms with Crippen molar-refractivity contribution >= 4 is 11.9 Å². The number of aliphatic carboxylic acids is 1. The van der Waals surface area contributed by atoms with Crippen LogP contribution in [0.5, 0.6) is 0 Å². The summed E-state index contributed by atoms with van der Waals surface area (Å²) >= 11 is 0. The van der Waals surface area contributed by atoms with E-state index in [2.05, 4.69) is 0 Å². The van der Waals surface area contributed by atoms with E-state index in [4.69, 9.17) is 5.11 Å². The van der Waals surface area contributed by atoms with Gasteiger partial charge < -0.3 is 14.6 Å². The third-order valence-electron chi connectivity index (χ3n) is 3.65. The number of piperidine rings is 1. The molecule has 0 saturated carbocycles. The molecule has 1 aromatic rings. The molecule has 0 bridgehead atoms. The third kappa shape index (κ3) is 2.25. The average Bonchev–Trinajstić information content (AvgIpc) is 2.69. The first-order valence-corrected chi connectivity index (χ1v) is 6.15. The first-order valence-electron chi connectivity index (χ1n) is 6.15. The molecule has 5 nitrogen and oxygen atoms in total. The number of hydrogen-bond donors (Lipinski definition) is 1. The number of carbonyl (C=O) groups excluding carboxylic acids is 1. The summed E-state index contributed by atoms with van der Waals surface area (Å²) < 4.78 is 1.84. The Bertz CT molecular complexity index is 479. The van der Waals surface area contributed by atoms with E-state index >= 15 is 0 Å². The predicted molar refractivity (Wildman–Crippen MR) is 66.4 cm³/mol. The number of carbonyl (C=O) groups is 2. The second-order valence-corrected chi connectivity index (χ2v) is 4.85. The SMILES string of the molecule is Cc1ccc(C(=O)N2CCCC(C(=O)O)C2)n1C. The highest BCUT2D eigenvalue weighted by molar-refractivity contribution is 5.93. The molecule has 0 radical (unpaired) electrons. The van der Waals surface area contributed by atoms with Gasteiger partial charge in [-0.1, -0.05) is 0 Å². The molecule has 0 aromatic carbocycles. The Balaban J connectivity index is 2.14. The summed E-state index contributed by atoms with van der Waals surface area (Å²) in [6.45, 7) is 2.90. The fraction of sp³-hybridized carbons (Fsp3) is 0.538. The lowest BCUT2D eigenvalue weighted by atomic mass is 9.98. The van der Waals surface area contributed by atoms with Gasteiger partial charge in [-0.15, -0.1) is 0 Å². The number of likely N-dealkylation sites (tertiary alicyclic amines) is 1. The Morgan fingerprint density at radius 1 is 1.39 bits per heavy atom. The largest absolute Gasteiger partial charge is 0.481 e. The van der Waals surface area contributed by atoms with Gasteiger partial charge in [-0.25, -0.2) is 0 Å². The molecule has 18 heavy (non-hydrogen) atoms. The molecule has 2 heterocycles. The summed E-state index contributed by atoms with van der Waals surface area (Å²) in [7, 11) is 1.85. The van der Waals surface area contributed by atoms with Gasteiger partial charge in [0.25, 0.3) is 5.91 Å². The van der Waals surface area contributed by atoms with Crippen LogP contribution in [-0.2, 0) is 11.8 Å². The van der Waals surface area contributed by atoms with Gasteiger partial charge in [0.05, 0.1) is 5.92 Å². The van der Waals surface area contributed by atoms with Gasteiger partial charge in [0.15, 0.2) is 0 Å². The molecule has 1 fully saturated rings. The van der Waals surface area contributed by atoms with Crippen molar-refractivity contribution in [1.82, 2.24) is 9.47 Å². The Morgan fingerprint density at radius 2 is 2.11 bits per heavy atom. The van der Waals surface area contributed by atoms with Crippen LogP contribution in [-0.4, -0.2) is 39.5 Å². The molecule has 1 aliphatic heterocycles. The van der Waals surface area contributed by atoms with Crippen molar-refractivity contribution in [2.75, 3.05) is 13.1 Å². The van der Waals surface area contributed by atoms with Gasteiger partial charge in [0.1, 0.15) is 5.69 Å². The van der Waals surface area contributed by atoms with Crippen molar-refractivity contribution < 1.29 is 14.7 Å². The molecule has 1 N–H and O–H groups in total. The highest BCUT2D eigenvalue weighted by atomic mass is 16.4. The lowest BCUT2D eigenvalue weighted by molar-refractivity contribution is -0.143. The first kappa shape index (κ1) is 12.7. The second-order valence-electron chi connectivity index (χ2n) is 4.85. The van der Waals surface area contributed by atoms with E-state index in [-0.39, 0.29) is 5.91 Å². The van der Waals surface area contributed by atoms with Crippen molar-refractivity contribution in [3.63, 3.8) is 0 Å². The lowest BCUT2D eigenvalue weighted by Gasteiger charge is -2.30. The Hall–Kier alpha value is -1.78. The van der Waals surface area contributed by atoms with Crippen LogP contribution in [0.15, 0.2) is 12.1 Å². The van der Waals surface area contributed by atoms with E-state index < -0.39 is 11.9 Å². The van der Waals surface area contributed by atoms with Crippen molar-refractivity contribution in [3.8, 4) is 0 Å². The Labute approximate surface area is 106 Å². The number of rotatable bonds is 2. The molecule has 0 aliphatic carbocycles. The molecule has 5 heteroatoms. The smallest absolute Gasteiger partial charge is 0.308 e. The second kappa shape index (κ2) is 4.84. The molecular formula is C13H18N2O3. The average molecular weight is 250 g/mol. The highest BCUT2D eigenvalue weighted by Gasteiger charge is 2.29. The van der Waals surface area contributed by atoms with Crippen LogP contribution in [0.4, 0.5) is 0 Å². The maximum atomic E-state index is 12.3. The molecule has 1 atom stereocenters. The number of hydrogen-bond acceptors (Lipinski definition) is 2. The fourth-order valence-electron chi connectivity index (χ4n) is 2.35. The summed E-state index contributed by atoms with van der Waals surface area (Å²) in [6, 6.07) is 3.69. The minimum absolute atomic E-state index is 0.0726. The van der Waals surface area contributed by atoms with Crippen molar-refractivity contribution in [2.24, 2.45) is 13.0 Å². The topological polar surface area (TPSA) is 62.5 Å². The van der Waals surface area contributed by atoms with E-state index in [1.165, 1.54) is 0 Å². The molecule has 2 rings (SSSR count). The number of carboxylic acid groups (broad SMARTS) is 1. The van der Waals surface area contributed by atoms with Crippen LogP contribution in [0.3, 0.4) is 0 Å². The van der Waals surface area contributed by atoms with Crippen LogP contribution in [0.2, 0.25) is 0 Å². The van der Waals surface area contributed by atoms with Crippen LogP contribution < -0.4 is 0 Å². The first-order chi connectivity index (χ1) is 8.50. The fourth-order valence-corrected chi connectivity index (χ4v) is 2.35. The van der Waals surface area contributed by atoms with E-state index in [1.807, 2.05) is 24.6 Å². The van der Waals surface area contributed by atoms with E-state index in [0.717, 1.165) is 12.1 Å². The molecule has 98 valence electrons. The van der Waals surface area contributed by atoms with Gasteiger partial charge in [-0.05, 0) is 31.9 Å². The van der Waals surface area contributed by atoms with E-state index in [9.17, 15) is 9.59 Å². The lowest BCUT2D eigenvalue weighted by Crippen LogP contribution is -2.42. The van der Waals surface area contributed by atoms with Crippen LogP contribution in [0.1, 0.15) is 29.0 Å². The van der Waals surface area contributed by atoms with Crippen molar-refractivity contribution in [2.45, 2.75) is 19.8 Å². The maximum absolute atomic E-state index is 12.3. The maximum Gasteiger partial charge on any atom is 0.308 e. The third-order valence-corrected chi connectivity index (χ3v) is 3.65. The van der Waals surface area contributed by atoms with Crippen LogP contribution in [0, 0.1) is 12.8 Å². The van der Waals surface area contributed by atoms with Gasteiger partial charge in [0, 0.05) is 25.8 Å². The van der Waals surface area contributed by atoms with Crippen LogP contribution in [0.25, 0.3) is 0 Å². The quantitative estimate of drug-likeness (QED) is 0.859. The monoisotopic (exact) mass is 250 g/mol. The number of amides is 1. The molecular weight excluding hydrogens is 232 g/mol. The van der Waals surface area contributed by atoms with E-state index in [0.29, 0.717) is 25.2 Å². The van der Waals surface area contributed by atoms with Gasteiger partial charge in [-0.3, -0.25) is 9.59 Å². The molecule has 1 aromatic heterocycles. The molecule has 1 aliphatic rings. The normalized spacial score (nSPS) is 19.9. The summed E-state index contributed by atoms with van der Waals surface area (Å²) in [4.78, 5) is 25.0. The number of nitrogens with zero attached hydrogens (tertiary/aromatic N) is 2. The highest BCUT2D eigenvalue weighted by Crippen LogP contribution is 2.19. The summed E-state index contributed by atoms with van der Waals surface area (Å²) in [5, 5.41) is 9.02. The minimum atomic E-state index is -0.810. The predicted octanol–water partition coefficient (Wildman–Crippen LogP) is 1.27. The van der Waals surface area contributed by atoms with Gasteiger partial charge >= 0.3 is 5.97 Å². The van der Waals surface area contributed by atoms with Crippen LogP contribution >= 0.6 is 0 Å². The van der Waals surface area contributed by atoms with Crippen molar-refractivity contribution in [1.29, 1.82) is 0 Å². The number of aromatic nitrogens is 1. The van der Waals surface area contributed by atoms with Gasteiger partial charge in [0.2, 0.25) is 0 Å². The summed E-state index contributed by atoms with van der Waals surface area (Å²) in [5.74, 6) is -1.31. The Morgan fingerprint density at radius 3 is 2.67 bits per heavy atom. The van der Waals surface area contributed by atoms with Crippen molar-refractivity contribution in [3.05, 3.63) is 23.5 Å². The zero-order valence-corrected chi connectivity index (χ0v) is 10.7.